The Morgan fingerprint density at radius 3 is 2.83 bits per heavy atom. The molecule has 0 aliphatic rings. The zero-order chi connectivity index (χ0) is 16.5. The fraction of sp³-hybridized carbons (Fsp3) is 0.0526. The highest BCUT2D eigenvalue weighted by Gasteiger charge is 2.09. The number of carbonyl (C=O) groups excluding carboxylic acids is 1. The Labute approximate surface area is 137 Å². The number of hydrogen-bond donors (Lipinski definition) is 0. The third-order valence-electron chi connectivity index (χ3n) is 3.89. The normalized spacial score (nSPS) is 11.0. The van der Waals surface area contributed by atoms with Gasteiger partial charge in [-0.1, -0.05) is 12.1 Å². The standard InChI is InChI=1S/C19H13FN2O2/c20-16-3-1-2-13(8-16)11-22-18-6-4-14(9-15(18)10-21-22)19-7-5-17(12-23)24-19/h1-10,12H,11H2. The third-order valence-corrected chi connectivity index (χ3v) is 3.89. The first-order valence-corrected chi connectivity index (χ1v) is 7.48. The molecule has 0 saturated heterocycles. The molecular formula is C19H13FN2O2. The fourth-order valence-corrected chi connectivity index (χ4v) is 2.75. The van der Waals surface area contributed by atoms with E-state index in [2.05, 4.69) is 5.10 Å². The van der Waals surface area contributed by atoms with Crippen LogP contribution >= 0.6 is 0 Å². The molecule has 4 rings (SSSR count). The molecule has 0 radical (unpaired) electrons. The van der Waals surface area contributed by atoms with Gasteiger partial charge < -0.3 is 4.42 Å². The summed E-state index contributed by atoms with van der Waals surface area (Å²) in [6, 6.07) is 15.7. The number of nitrogens with zero attached hydrogens (tertiary/aromatic N) is 2. The minimum Gasteiger partial charge on any atom is -0.453 e. The minimum absolute atomic E-state index is 0.255. The molecule has 0 aliphatic heterocycles. The highest BCUT2D eigenvalue weighted by atomic mass is 19.1. The molecule has 2 heterocycles. The zero-order valence-corrected chi connectivity index (χ0v) is 12.6. The zero-order valence-electron chi connectivity index (χ0n) is 12.6. The SMILES string of the molecule is O=Cc1ccc(-c2ccc3c(cnn3Cc3cccc(F)c3)c2)o1. The van der Waals surface area contributed by atoms with Crippen molar-refractivity contribution in [1.29, 1.82) is 0 Å². The Hall–Kier alpha value is -3.21. The number of aldehydes is 1. The number of fused-ring (bicyclic) bond motifs is 1. The summed E-state index contributed by atoms with van der Waals surface area (Å²) in [4.78, 5) is 10.7. The van der Waals surface area contributed by atoms with Crippen LogP contribution in [0.4, 0.5) is 4.39 Å². The van der Waals surface area contributed by atoms with E-state index in [1.54, 1.807) is 24.4 Å². The summed E-state index contributed by atoms with van der Waals surface area (Å²) in [7, 11) is 0. The molecule has 5 heteroatoms. The molecule has 0 amide bonds. The van der Waals surface area contributed by atoms with Crippen LogP contribution in [-0.2, 0) is 6.54 Å². The van der Waals surface area contributed by atoms with Crippen LogP contribution in [0.25, 0.3) is 22.2 Å². The first-order chi connectivity index (χ1) is 11.7. The smallest absolute Gasteiger partial charge is 0.185 e. The first-order valence-electron chi connectivity index (χ1n) is 7.48. The van der Waals surface area contributed by atoms with Crippen molar-refractivity contribution >= 4 is 17.2 Å². The van der Waals surface area contributed by atoms with Crippen molar-refractivity contribution in [2.75, 3.05) is 0 Å². The summed E-state index contributed by atoms with van der Waals surface area (Å²) in [5.41, 5.74) is 2.68. The Morgan fingerprint density at radius 1 is 1.12 bits per heavy atom. The second-order valence-corrected chi connectivity index (χ2v) is 5.53. The van der Waals surface area contributed by atoms with E-state index in [0.717, 1.165) is 22.0 Å². The molecule has 118 valence electrons. The van der Waals surface area contributed by atoms with Crippen LogP contribution in [0.3, 0.4) is 0 Å². The molecule has 0 spiro atoms. The van der Waals surface area contributed by atoms with Gasteiger partial charge in [-0.25, -0.2) is 4.39 Å². The lowest BCUT2D eigenvalue weighted by Gasteiger charge is -2.05. The molecule has 0 aliphatic carbocycles. The van der Waals surface area contributed by atoms with E-state index in [9.17, 15) is 9.18 Å². The molecular weight excluding hydrogens is 307 g/mol. The number of carbonyl (C=O) groups is 1. The van der Waals surface area contributed by atoms with Gasteiger partial charge in [0.15, 0.2) is 12.0 Å². The molecule has 24 heavy (non-hydrogen) atoms. The summed E-state index contributed by atoms with van der Waals surface area (Å²) in [6.07, 6.45) is 2.45. The second-order valence-electron chi connectivity index (χ2n) is 5.53. The van der Waals surface area contributed by atoms with Crippen molar-refractivity contribution in [1.82, 2.24) is 9.78 Å². The van der Waals surface area contributed by atoms with Crippen LogP contribution in [0.1, 0.15) is 16.1 Å². The van der Waals surface area contributed by atoms with Crippen LogP contribution in [0.5, 0.6) is 0 Å². The summed E-state index contributed by atoms with van der Waals surface area (Å²) < 4.78 is 20.6. The number of furan rings is 1. The molecule has 0 bridgehead atoms. The van der Waals surface area contributed by atoms with Gasteiger partial charge >= 0.3 is 0 Å². The maximum atomic E-state index is 13.3. The summed E-state index contributed by atoms with van der Waals surface area (Å²) in [5, 5.41) is 5.34. The molecule has 4 aromatic rings. The number of halogens is 1. The Morgan fingerprint density at radius 2 is 2.04 bits per heavy atom. The average Bonchev–Trinajstić information content (AvgIpc) is 3.22. The first kappa shape index (κ1) is 14.4. The molecule has 0 atom stereocenters. The molecule has 0 unspecified atom stereocenters. The lowest BCUT2D eigenvalue weighted by atomic mass is 10.1. The highest BCUT2D eigenvalue weighted by molar-refractivity contribution is 5.84. The van der Waals surface area contributed by atoms with Crippen molar-refractivity contribution in [3.8, 4) is 11.3 Å². The van der Waals surface area contributed by atoms with Crippen LogP contribution < -0.4 is 0 Å². The van der Waals surface area contributed by atoms with Gasteiger partial charge in [-0.05, 0) is 48.0 Å². The molecule has 0 fully saturated rings. The maximum absolute atomic E-state index is 13.3. The largest absolute Gasteiger partial charge is 0.453 e. The maximum Gasteiger partial charge on any atom is 0.185 e. The molecule has 0 N–H and O–H groups in total. The van der Waals surface area contributed by atoms with E-state index in [4.69, 9.17) is 4.42 Å². The third kappa shape index (κ3) is 2.60. The van der Waals surface area contributed by atoms with Crippen molar-refractivity contribution in [3.05, 3.63) is 77.9 Å². The number of benzene rings is 2. The van der Waals surface area contributed by atoms with E-state index in [-0.39, 0.29) is 5.82 Å². The van der Waals surface area contributed by atoms with Gasteiger partial charge in [0.05, 0.1) is 18.3 Å². The number of rotatable bonds is 4. The van der Waals surface area contributed by atoms with Crippen molar-refractivity contribution in [2.45, 2.75) is 6.54 Å². The number of aromatic nitrogens is 2. The van der Waals surface area contributed by atoms with Crippen molar-refractivity contribution in [2.24, 2.45) is 0 Å². The molecule has 0 saturated carbocycles. The second kappa shape index (κ2) is 5.77. The van der Waals surface area contributed by atoms with Crippen LogP contribution in [0.2, 0.25) is 0 Å². The van der Waals surface area contributed by atoms with Gasteiger partial charge in [0.2, 0.25) is 0 Å². The van der Waals surface area contributed by atoms with E-state index in [1.165, 1.54) is 12.1 Å². The van der Waals surface area contributed by atoms with Crippen LogP contribution in [0.15, 0.2) is 65.2 Å². The van der Waals surface area contributed by atoms with Gasteiger partial charge in [-0.15, -0.1) is 0 Å². The van der Waals surface area contributed by atoms with Crippen molar-refractivity contribution < 1.29 is 13.6 Å². The van der Waals surface area contributed by atoms with Crippen LogP contribution in [0, 0.1) is 5.82 Å². The lowest BCUT2D eigenvalue weighted by molar-refractivity contribution is 0.110. The fourth-order valence-electron chi connectivity index (χ4n) is 2.75. The summed E-state index contributed by atoms with van der Waals surface area (Å²) in [6.45, 7) is 0.497. The number of hydrogen-bond acceptors (Lipinski definition) is 3. The van der Waals surface area contributed by atoms with E-state index in [1.807, 2.05) is 28.9 Å². The Kier molecular flexibility index (Phi) is 3.46. The molecule has 2 aromatic heterocycles. The molecule has 2 aromatic carbocycles. The van der Waals surface area contributed by atoms with Crippen LogP contribution in [-0.4, -0.2) is 16.1 Å². The van der Waals surface area contributed by atoms with Gasteiger partial charge in [-0.3, -0.25) is 9.48 Å². The molecule has 4 nitrogen and oxygen atoms in total. The van der Waals surface area contributed by atoms with Gasteiger partial charge in [0.25, 0.3) is 0 Å². The predicted molar refractivity (Wildman–Crippen MR) is 88.3 cm³/mol. The Balaban J connectivity index is 1.69. The summed E-state index contributed by atoms with van der Waals surface area (Å²) >= 11 is 0. The van der Waals surface area contributed by atoms with Gasteiger partial charge in [0.1, 0.15) is 11.6 Å². The van der Waals surface area contributed by atoms with Gasteiger partial charge in [-0.2, -0.15) is 5.10 Å². The lowest BCUT2D eigenvalue weighted by Crippen LogP contribution is -2.01. The topological polar surface area (TPSA) is 48.0 Å². The van der Waals surface area contributed by atoms with Gasteiger partial charge in [0, 0.05) is 10.9 Å². The van der Waals surface area contributed by atoms with Crippen molar-refractivity contribution in [3.63, 3.8) is 0 Å². The van der Waals surface area contributed by atoms with E-state index >= 15 is 0 Å². The Bertz CT molecular complexity index is 1030. The highest BCUT2D eigenvalue weighted by Crippen LogP contribution is 2.26. The quantitative estimate of drug-likeness (QED) is 0.527. The predicted octanol–water partition coefficient (Wildman–Crippen LogP) is 4.30. The van der Waals surface area contributed by atoms with E-state index in [0.29, 0.717) is 24.4 Å². The minimum atomic E-state index is -0.255. The average molecular weight is 320 g/mol. The van der Waals surface area contributed by atoms with E-state index < -0.39 is 0 Å². The monoisotopic (exact) mass is 320 g/mol. The summed E-state index contributed by atoms with van der Waals surface area (Å²) in [5.74, 6) is 0.679.